The summed E-state index contributed by atoms with van der Waals surface area (Å²) in [5, 5.41) is 0. The lowest BCUT2D eigenvalue weighted by atomic mass is 10.4. The summed E-state index contributed by atoms with van der Waals surface area (Å²) in [6.07, 6.45) is 3.29. The van der Waals surface area contributed by atoms with Gasteiger partial charge in [-0.25, -0.2) is 0 Å². The quantitative estimate of drug-likeness (QED) is 0.302. The molecule has 0 amide bonds. The molecule has 0 radical (unpaired) electrons. The summed E-state index contributed by atoms with van der Waals surface area (Å²) >= 11 is 1.74. The van der Waals surface area contributed by atoms with Gasteiger partial charge in [0.2, 0.25) is 22.9 Å². The van der Waals surface area contributed by atoms with E-state index in [0.29, 0.717) is 11.8 Å². The number of nitrogens with two attached hydrogens (primary N) is 1. The number of aromatic nitrogens is 2. The van der Waals surface area contributed by atoms with Crippen LogP contribution in [0, 0.1) is 0 Å². The number of rotatable bonds is 1. The zero-order valence-electron chi connectivity index (χ0n) is 5.40. The fourth-order valence-electron chi connectivity index (χ4n) is 0.606. The van der Waals surface area contributed by atoms with Gasteiger partial charge in [-0.1, -0.05) is 4.68 Å². The average molecular weight is 266 g/mol. The van der Waals surface area contributed by atoms with Crippen molar-refractivity contribution < 1.29 is 9.47 Å². The van der Waals surface area contributed by atoms with Crippen LogP contribution < -0.4 is 16.2 Å². The van der Waals surface area contributed by atoms with E-state index in [4.69, 9.17) is 5.84 Å². The number of carbonyl (C=O) groups excluding carboxylic acids is 1. The molecule has 0 unspecified atom stereocenters. The summed E-state index contributed by atoms with van der Waals surface area (Å²) < 4.78 is 2.07. The number of nitrogens with zero attached hydrogens (tertiary/aromatic N) is 2. The fourth-order valence-corrected chi connectivity index (χ4v) is 1.18. The fraction of sp³-hybridized carbons (Fsp3) is 0. The van der Waals surface area contributed by atoms with Crippen LogP contribution in [-0.2, 0) is 0 Å². The molecule has 0 saturated carbocycles. The van der Waals surface area contributed by atoms with Crippen LogP contribution >= 0.6 is 22.9 Å². The van der Waals surface area contributed by atoms with E-state index >= 15 is 0 Å². The van der Waals surface area contributed by atoms with E-state index in [0.717, 1.165) is 4.68 Å². The van der Waals surface area contributed by atoms with Crippen molar-refractivity contribution in [2.45, 2.75) is 0 Å². The van der Waals surface area contributed by atoms with Crippen molar-refractivity contribution in [3.63, 3.8) is 0 Å². The summed E-state index contributed by atoms with van der Waals surface area (Å²) in [6.45, 7) is 0. The van der Waals surface area contributed by atoms with E-state index < -0.39 is 0 Å². The smallest absolute Gasteiger partial charge is 0.298 e. The third-order valence-electron chi connectivity index (χ3n) is 1.09. The third kappa shape index (κ3) is 1.56. The number of aldehydes is 1. The summed E-state index contributed by atoms with van der Waals surface area (Å²) in [5.74, 6) is 5.22. The van der Waals surface area contributed by atoms with Crippen LogP contribution in [0.5, 0.6) is 0 Å². The minimum Gasteiger partial charge on any atom is -0.298 e. The van der Waals surface area contributed by atoms with Gasteiger partial charge in [-0.3, -0.25) is 10.6 Å². The highest BCUT2D eigenvalue weighted by atomic mass is 127. The van der Waals surface area contributed by atoms with Crippen LogP contribution in [0.4, 0.5) is 0 Å². The lowest BCUT2D eigenvalue weighted by molar-refractivity contribution is -0.657. The van der Waals surface area contributed by atoms with E-state index in [2.05, 4.69) is 0 Å². The Morgan fingerprint density at radius 1 is 1.73 bits per heavy atom. The second-order valence-corrected chi connectivity index (χ2v) is 2.92. The number of halogens is 1. The molecule has 1 heterocycles. The van der Waals surface area contributed by atoms with Gasteiger partial charge in [0.1, 0.15) is 12.4 Å². The Hall–Kier alpha value is -0.920. The second-order valence-electron chi connectivity index (χ2n) is 1.88. The summed E-state index contributed by atoms with van der Waals surface area (Å²) in [6, 6.07) is 0. The second kappa shape index (κ2) is 2.99. The van der Waals surface area contributed by atoms with Crippen molar-refractivity contribution in [1.29, 1.82) is 0 Å². The molecular weight excluding hydrogens is 261 g/mol. The Kier molecular flexibility index (Phi) is 2.22. The van der Waals surface area contributed by atoms with E-state index in [-0.39, 0.29) is 5.69 Å². The van der Waals surface area contributed by atoms with Crippen molar-refractivity contribution in [2.75, 3.05) is 5.84 Å². The first-order chi connectivity index (χ1) is 5.15. The Bertz CT molecular complexity index is 320. The highest BCUT2D eigenvalue weighted by molar-refractivity contribution is 14.1. The van der Waals surface area contributed by atoms with Crippen LogP contribution in [0.25, 0.3) is 0 Å². The van der Waals surface area contributed by atoms with Gasteiger partial charge >= 0.3 is 5.69 Å². The van der Waals surface area contributed by atoms with Gasteiger partial charge in [-0.2, -0.15) is 4.79 Å². The van der Waals surface area contributed by atoms with Crippen LogP contribution in [0.1, 0.15) is 10.4 Å². The molecule has 0 saturated heterocycles. The molecule has 0 fully saturated rings. The Labute approximate surface area is 75.9 Å². The molecule has 6 heteroatoms. The SMILES string of the molecule is N[n+]1cc(C=O)cn(I)c1=O. The maximum absolute atomic E-state index is 10.9. The average Bonchev–Trinajstić information content (AvgIpc) is 1.99. The molecule has 0 atom stereocenters. The molecule has 0 spiro atoms. The number of hydrogen-bond donors (Lipinski definition) is 1. The highest BCUT2D eigenvalue weighted by Gasteiger charge is 2.07. The molecule has 2 N–H and O–H groups in total. The Morgan fingerprint density at radius 3 is 2.82 bits per heavy atom. The van der Waals surface area contributed by atoms with Gasteiger partial charge in [0, 0.05) is 0 Å². The summed E-state index contributed by atoms with van der Waals surface area (Å²) in [5.41, 5.74) is -0.0160. The maximum atomic E-state index is 10.9. The number of carbonyl (C=O) groups is 1. The van der Waals surface area contributed by atoms with Crippen molar-refractivity contribution in [1.82, 2.24) is 2.78 Å². The minimum atomic E-state index is -0.379. The van der Waals surface area contributed by atoms with Crippen molar-refractivity contribution in [3.05, 3.63) is 28.4 Å². The molecule has 0 aromatic carbocycles. The van der Waals surface area contributed by atoms with Crippen LogP contribution in [0.2, 0.25) is 0 Å². The largest absolute Gasteiger partial charge is 0.529 e. The lowest BCUT2D eigenvalue weighted by Gasteiger charge is -1.90. The molecule has 1 rings (SSSR count). The molecule has 0 bridgehead atoms. The van der Waals surface area contributed by atoms with E-state index in [1.165, 1.54) is 15.2 Å². The van der Waals surface area contributed by atoms with Gasteiger partial charge in [-0.05, 0) is 0 Å². The zero-order chi connectivity index (χ0) is 8.43. The van der Waals surface area contributed by atoms with Gasteiger partial charge in [0.05, 0.1) is 5.56 Å². The number of nitrogen functional groups attached to an aromatic ring is 1. The van der Waals surface area contributed by atoms with E-state index in [1.807, 2.05) is 0 Å². The molecule has 1 aromatic rings. The van der Waals surface area contributed by atoms with Gasteiger partial charge in [-0.15, -0.1) is 2.78 Å². The minimum absolute atomic E-state index is 0.363. The summed E-state index contributed by atoms with van der Waals surface area (Å²) in [4.78, 5) is 21.1. The first kappa shape index (κ1) is 8.18. The molecule has 0 aliphatic heterocycles. The van der Waals surface area contributed by atoms with Crippen LogP contribution in [0.15, 0.2) is 17.2 Å². The van der Waals surface area contributed by atoms with Crippen LogP contribution in [0.3, 0.4) is 0 Å². The first-order valence-corrected chi connectivity index (χ1v) is 3.66. The highest BCUT2D eigenvalue weighted by Crippen LogP contribution is 1.89. The standard InChI is InChI=1S/C5H5IN3O2/c6-8-1-4(3-10)2-9(7)5(8)11/h1-3H,7H2/q+1. The molecule has 58 valence electrons. The van der Waals surface area contributed by atoms with E-state index in [1.54, 1.807) is 22.9 Å². The molecule has 0 aliphatic carbocycles. The molecule has 5 nitrogen and oxygen atoms in total. The molecule has 11 heavy (non-hydrogen) atoms. The number of hydrogen-bond acceptors (Lipinski definition) is 3. The Morgan fingerprint density at radius 2 is 2.36 bits per heavy atom. The topological polar surface area (TPSA) is 69.0 Å². The van der Waals surface area contributed by atoms with Crippen LogP contribution in [-0.4, -0.2) is 9.07 Å². The van der Waals surface area contributed by atoms with Gasteiger partial charge in [0.15, 0.2) is 6.29 Å². The monoisotopic (exact) mass is 266 g/mol. The predicted molar refractivity (Wildman–Crippen MR) is 45.9 cm³/mol. The van der Waals surface area contributed by atoms with Crippen molar-refractivity contribution >= 4 is 29.2 Å². The molecule has 0 aliphatic rings. The summed E-state index contributed by atoms with van der Waals surface area (Å²) in [7, 11) is 0. The third-order valence-corrected chi connectivity index (χ3v) is 1.78. The van der Waals surface area contributed by atoms with Gasteiger partial charge in [0.25, 0.3) is 0 Å². The molecule has 1 aromatic heterocycles. The van der Waals surface area contributed by atoms with Crippen molar-refractivity contribution in [2.24, 2.45) is 0 Å². The maximum Gasteiger partial charge on any atom is 0.529 e. The first-order valence-electron chi connectivity index (χ1n) is 2.70. The molecular formula is C5H5IN3O2+. The van der Waals surface area contributed by atoms with Crippen molar-refractivity contribution in [3.8, 4) is 0 Å². The Balaban J connectivity index is 3.43. The zero-order valence-corrected chi connectivity index (χ0v) is 7.56. The predicted octanol–water partition coefficient (Wildman–Crippen LogP) is -1.14. The van der Waals surface area contributed by atoms with E-state index in [9.17, 15) is 9.59 Å². The normalized spacial score (nSPS) is 9.55. The van der Waals surface area contributed by atoms with Gasteiger partial charge < -0.3 is 0 Å². The lowest BCUT2D eigenvalue weighted by Crippen LogP contribution is -2.60.